The first kappa shape index (κ1) is 13.3. The summed E-state index contributed by atoms with van der Waals surface area (Å²) in [4.78, 5) is 22.0. The highest BCUT2D eigenvalue weighted by atomic mass is 16.6. The number of nitrogens with one attached hydrogen (secondary N) is 1. The second-order valence-corrected chi connectivity index (χ2v) is 2.51. The Morgan fingerprint density at radius 1 is 1.20 bits per heavy atom. The van der Waals surface area contributed by atoms with Crippen molar-refractivity contribution in [2.75, 3.05) is 13.2 Å². The third-order valence-electron chi connectivity index (χ3n) is 1.28. The number of esters is 1. The van der Waals surface area contributed by atoms with Gasteiger partial charge in [0.2, 0.25) is 11.6 Å². The lowest BCUT2D eigenvalue weighted by atomic mass is 10.4. The fourth-order valence-electron chi connectivity index (χ4n) is 0.780. The van der Waals surface area contributed by atoms with Crippen molar-refractivity contribution in [3.8, 4) is 0 Å². The molecule has 0 aromatic carbocycles. The molecule has 0 rings (SSSR count). The number of carbonyl (C=O) groups is 2. The zero-order chi connectivity index (χ0) is 11.8. The maximum absolute atomic E-state index is 11.3. The van der Waals surface area contributed by atoms with Crippen LogP contribution in [0.5, 0.6) is 0 Å². The van der Waals surface area contributed by atoms with Gasteiger partial charge in [0, 0.05) is 6.92 Å². The van der Waals surface area contributed by atoms with E-state index in [1.807, 2.05) is 0 Å². The Hall–Kier alpha value is -1.72. The Morgan fingerprint density at radius 3 is 2.13 bits per heavy atom. The number of hydrogen-bond acceptors (Lipinski definition) is 5. The Kier molecular flexibility index (Phi) is 5.92. The zero-order valence-electron chi connectivity index (χ0n) is 8.99. The van der Waals surface area contributed by atoms with Crippen LogP contribution in [0.1, 0.15) is 20.8 Å². The molecule has 0 bridgehead atoms. The largest absolute Gasteiger partial charge is 0.479 e. The van der Waals surface area contributed by atoms with Crippen LogP contribution < -0.4 is 5.32 Å². The SMILES string of the molecule is CCOC(=O)/C(NC(C)=O)=C(/O)OCC. The van der Waals surface area contributed by atoms with E-state index in [-0.39, 0.29) is 18.9 Å². The van der Waals surface area contributed by atoms with Crippen molar-refractivity contribution >= 4 is 11.9 Å². The summed E-state index contributed by atoms with van der Waals surface area (Å²) in [6.07, 6.45) is 0. The van der Waals surface area contributed by atoms with Crippen molar-refractivity contribution < 1.29 is 24.2 Å². The van der Waals surface area contributed by atoms with E-state index in [1.54, 1.807) is 13.8 Å². The lowest BCUT2D eigenvalue weighted by molar-refractivity contribution is -0.140. The molecular formula is C9H15NO5. The molecular weight excluding hydrogens is 202 g/mol. The molecule has 0 atom stereocenters. The molecule has 6 heteroatoms. The van der Waals surface area contributed by atoms with Gasteiger partial charge in [-0.25, -0.2) is 4.79 Å². The smallest absolute Gasteiger partial charge is 0.362 e. The highest BCUT2D eigenvalue weighted by molar-refractivity contribution is 5.93. The molecule has 0 aromatic rings. The standard InChI is InChI=1S/C9H15NO5/c1-4-14-8(12)7(10-6(3)11)9(13)15-5-2/h12H,4-5H2,1-3H3,(H,10,11)/b8-7+. The quantitative estimate of drug-likeness (QED) is 0.396. The average molecular weight is 217 g/mol. The summed E-state index contributed by atoms with van der Waals surface area (Å²) in [6.45, 7) is 4.77. The van der Waals surface area contributed by atoms with Crippen molar-refractivity contribution in [3.05, 3.63) is 11.6 Å². The third-order valence-corrected chi connectivity index (χ3v) is 1.28. The van der Waals surface area contributed by atoms with E-state index >= 15 is 0 Å². The van der Waals surface area contributed by atoms with E-state index in [9.17, 15) is 14.7 Å². The molecule has 0 aliphatic carbocycles. The Morgan fingerprint density at radius 2 is 1.73 bits per heavy atom. The third kappa shape index (κ3) is 4.90. The molecule has 1 amide bonds. The van der Waals surface area contributed by atoms with Crippen LogP contribution in [0.15, 0.2) is 11.6 Å². The minimum Gasteiger partial charge on any atom is -0.479 e. The number of hydrogen-bond donors (Lipinski definition) is 2. The molecule has 0 heterocycles. The van der Waals surface area contributed by atoms with Gasteiger partial charge in [-0.1, -0.05) is 0 Å². The van der Waals surface area contributed by atoms with Gasteiger partial charge in [-0.15, -0.1) is 0 Å². The lowest BCUT2D eigenvalue weighted by Gasteiger charge is -2.09. The van der Waals surface area contributed by atoms with E-state index < -0.39 is 17.8 Å². The first-order valence-corrected chi connectivity index (χ1v) is 4.53. The van der Waals surface area contributed by atoms with Crippen LogP contribution in [-0.2, 0) is 19.1 Å². The molecule has 0 unspecified atom stereocenters. The molecule has 0 saturated carbocycles. The van der Waals surface area contributed by atoms with Gasteiger partial charge in [0.15, 0.2) is 0 Å². The summed E-state index contributed by atoms with van der Waals surface area (Å²) in [6, 6.07) is 0. The minimum absolute atomic E-state index is 0.140. The van der Waals surface area contributed by atoms with Gasteiger partial charge in [-0.05, 0) is 13.8 Å². The summed E-state index contributed by atoms with van der Waals surface area (Å²) in [5.74, 6) is -1.98. The fourth-order valence-corrected chi connectivity index (χ4v) is 0.780. The maximum atomic E-state index is 11.3. The van der Waals surface area contributed by atoms with E-state index in [0.717, 1.165) is 0 Å². The molecule has 0 aliphatic heterocycles. The summed E-state index contributed by atoms with van der Waals surface area (Å²) in [7, 11) is 0. The monoisotopic (exact) mass is 217 g/mol. The van der Waals surface area contributed by atoms with Gasteiger partial charge in [0.25, 0.3) is 0 Å². The Balaban J connectivity index is 4.78. The summed E-state index contributed by atoms with van der Waals surface area (Å²) < 4.78 is 9.31. The Labute approximate surface area is 87.9 Å². The fraction of sp³-hybridized carbons (Fsp3) is 0.556. The second kappa shape index (κ2) is 6.69. The minimum atomic E-state index is -0.835. The van der Waals surface area contributed by atoms with Crippen molar-refractivity contribution in [1.29, 1.82) is 0 Å². The van der Waals surface area contributed by atoms with Crippen molar-refractivity contribution in [2.24, 2.45) is 0 Å². The molecule has 6 nitrogen and oxygen atoms in total. The van der Waals surface area contributed by atoms with E-state index in [4.69, 9.17) is 4.74 Å². The number of ether oxygens (including phenoxy) is 2. The van der Waals surface area contributed by atoms with Crippen LogP contribution >= 0.6 is 0 Å². The molecule has 2 N–H and O–H groups in total. The average Bonchev–Trinajstić information content (AvgIpc) is 2.14. The predicted molar refractivity (Wildman–Crippen MR) is 51.7 cm³/mol. The summed E-state index contributed by atoms with van der Waals surface area (Å²) in [5, 5.41) is 11.4. The maximum Gasteiger partial charge on any atom is 0.362 e. The van der Waals surface area contributed by atoms with E-state index in [0.29, 0.717) is 0 Å². The number of rotatable bonds is 5. The number of aliphatic hydroxyl groups is 1. The molecule has 0 fully saturated rings. The van der Waals surface area contributed by atoms with Crippen molar-refractivity contribution in [1.82, 2.24) is 5.32 Å². The Bertz CT molecular complexity index is 272. The van der Waals surface area contributed by atoms with Gasteiger partial charge in [-0.3, -0.25) is 4.79 Å². The topological polar surface area (TPSA) is 84.9 Å². The van der Waals surface area contributed by atoms with Gasteiger partial charge >= 0.3 is 11.9 Å². The van der Waals surface area contributed by atoms with Crippen LogP contribution in [0.25, 0.3) is 0 Å². The second-order valence-electron chi connectivity index (χ2n) is 2.51. The van der Waals surface area contributed by atoms with Crippen LogP contribution in [0.2, 0.25) is 0 Å². The first-order chi connectivity index (χ1) is 7.02. The van der Waals surface area contributed by atoms with Gasteiger partial charge in [-0.2, -0.15) is 0 Å². The lowest BCUT2D eigenvalue weighted by Crippen LogP contribution is -2.28. The van der Waals surface area contributed by atoms with Crippen LogP contribution in [0.4, 0.5) is 0 Å². The molecule has 0 spiro atoms. The van der Waals surface area contributed by atoms with Crippen molar-refractivity contribution in [2.45, 2.75) is 20.8 Å². The summed E-state index contributed by atoms with van der Waals surface area (Å²) in [5.41, 5.74) is -0.383. The van der Waals surface area contributed by atoms with E-state index in [2.05, 4.69) is 10.1 Å². The highest BCUT2D eigenvalue weighted by Gasteiger charge is 2.19. The number of amides is 1. The van der Waals surface area contributed by atoms with Gasteiger partial charge < -0.3 is 19.9 Å². The highest BCUT2D eigenvalue weighted by Crippen LogP contribution is 2.02. The summed E-state index contributed by atoms with van der Waals surface area (Å²) >= 11 is 0. The number of aliphatic hydroxyl groups excluding tert-OH is 1. The molecule has 0 aliphatic rings. The van der Waals surface area contributed by atoms with Crippen LogP contribution in [-0.4, -0.2) is 30.2 Å². The molecule has 0 saturated heterocycles. The first-order valence-electron chi connectivity index (χ1n) is 4.53. The molecule has 15 heavy (non-hydrogen) atoms. The predicted octanol–water partition coefficient (Wildman–Crippen LogP) is 0.449. The molecule has 0 aromatic heterocycles. The molecule has 0 radical (unpaired) electrons. The number of carbonyl (C=O) groups excluding carboxylic acids is 2. The van der Waals surface area contributed by atoms with Gasteiger partial charge in [0.1, 0.15) is 0 Å². The molecule has 86 valence electrons. The van der Waals surface area contributed by atoms with Gasteiger partial charge in [0.05, 0.1) is 13.2 Å². The normalized spacial score (nSPS) is 11.4. The van der Waals surface area contributed by atoms with E-state index in [1.165, 1.54) is 6.92 Å². The van der Waals surface area contributed by atoms with Crippen molar-refractivity contribution in [3.63, 3.8) is 0 Å². The zero-order valence-corrected chi connectivity index (χ0v) is 8.99. The van der Waals surface area contributed by atoms with Crippen LogP contribution in [0, 0.1) is 0 Å². The van der Waals surface area contributed by atoms with Crippen LogP contribution in [0.3, 0.4) is 0 Å².